The molecule has 2 N–H and O–H groups in total. The molecular weight excluding hydrogens is 672 g/mol. The number of carbonyl (C=O) groups is 3. The average molecular weight is 705 g/mol. The largest absolute Gasteiger partial charge is 0.481 e. The highest BCUT2D eigenvalue weighted by molar-refractivity contribution is 6.08. The lowest BCUT2D eigenvalue weighted by molar-refractivity contribution is -0.136. The predicted molar refractivity (Wildman–Crippen MR) is 194 cm³/mol. The van der Waals surface area contributed by atoms with Gasteiger partial charge in [-0.15, -0.1) is 0 Å². The van der Waals surface area contributed by atoms with Crippen LogP contribution in [0.3, 0.4) is 0 Å². The Hall–Kier alpha value is -6.74. The molecule has 6 aromatic rings. The number of aromatic nitrogens is 4. The fraction of sp³-hybridized carbons (Fsp3) is 0.220. The number of aromatic amines is 1. The summed E-state index contributed by atoms with van der Waals surface area (Å²) in [4.78, 5) is 54.9. The number of hydrogen-bond acceptors (Lipinski definition) is 9. The molecule has 1 aliphatic carbocycles. The first-order valence-electron chi connectivity index (χ1n) is 17.4. The molecule has 9 rings (SSSR count). The van der Waals surface area contributed by atoms with Gasteiger partial charge in [0.2, 0.25) is 23.6 Å². The van der Waals surface area contributed by atoms with Crippen LogP contribution in [0.5, 0.6) is 17.5 Å². The number of ether oxygens (including phenoxy) is 3. The number of nitrogens with zero attached hydrogens (tertiary/aromatic N) is 4. The Balaban J connectivity index is 0.724. The van der Waals surface area contributed by atoms with E-state index >= 15 is 0 Å². The molecule has 2 aromatic carbocycles. The topological polar surface area (TPSA) is 149 Å². The van der Waals surface area contributed by atoms with E-state index in [1.165, 1.54) is 4.90 Å². The van der Waals surface area contributed by atoms with Gasteiger partial charge in [0.1, 0.15) is 30.6 Å². The van der Waals surface area contributed by atoms with Crippen LogP contribution in [0.4, 0.5) is 0 Å². The molecule has 0 bridgehead atoms. The monoisotopic (exact) mass is 704 g/mol. The van der Waals surface area contributed by atoms with Gasteiger partial charge in [0.25, 0.3) is 5.91 Å². The summed E-state index contributed by atoms with van der Waals surface area (Å²) in [5, 5.41) is 4.57. The van der Waals surface area contributed by atoms with Crippen molar-refractivity contribution < 1.29 is 28.6 Å². The standard InChI is InChI=1S/C41H32N6O6/c48-37-10-9-36(40(49)46-37)47-23-27-16-28(6-8-31(27)41(47)50)51-15-1-2-24-3-11-38(43-20-24)52-29-18-30(19-29)53-39-12-5-26(21-44-39)25-4-7-32-33-22-42-14-13-34(33)45-35(32)17-25/h3-8,11-14,16-17,20-22,29-30,36,45H,9-10,15,18-19,23H2,(H,46,48,49)/t29-,30-,36?. The lowest BCUT2D eigenvalue weighted by atomic mass is 9.92. The van der Waals surface area contributed by atoms with Gasteiger partial charge in [-0.3, -0.25) is 24.7 Å². The molecule has 12 heteroatoms. The van der Waals surface area contributed by atoms with Gasteiger partial charge in [-0.2, -0.15) is 0 Å². The first-order valence-corrected chi connectivity index (χ1v) is 17.4. The number of hydrogen-bond donors (Lipinski definition) is 2. The minimum atomic E-state index is -0.654. The van der Waals surface area contributed by atoms with Crippen LogP contribution in [0.1, 0.15) is 47.2 Å². The van der Waals surface area contributed by atoms with E-state index in [0.29, 0.717) is 29.5 Å². The van der Waals surface area contributed by atoms with Crippen LogP contribution >= 0.6 is 0 Å². The van der Waals surface area contributed by atoms with E-state index < -0.39 is 11.9 Å². The predicted octanol–water partition coefficient (Wildman–Crippen LogP) is 5.35. The Kier molecular flexibility index (Phi) is 8.15. The van der Waals surface area contributed by atoms with Gasteiger partial charge in [0.15, 0.2) is 0 Å². The van der Waals surface area contributed by atoms with Crippen LogP contribution in [0.25, 0.3) is 32.9 Å². The number of pyridine rings is 3. The lowest BCUT2D eigenvalue weighted by Gasteiger charge is -2.34. The van der Waals surface area contributed by atoms with Gasteiger partial charge >= 0.3 is 0 Å². The molecule has 3 aliphatic rings. The second-order valence-corrected chi connectivity index (χ2v) is 13.3. The molecular formula is C41H32N6O6. The van der Waals surface area contributed by atoms with E-state index in [0.717, 1.165) is 56.9 Å². The second kappa shape index (κ2) is 13.4. The summed E-state index contributed by atoms with van der Waals surface area (Å²) in [5.41, 5.74) is 6.24. The summed E-state index contributed by atoms with van der Waals surface area (Å²) in [6.45, 7) is 0.426. The highest BCUT2D eigenvalue weighted by atomic mass is 16.5. The fourth-order valence-corrected chi connectivity index (χ4v) is 7.02. The van der Waals surface area contributed by atoms with E-state index in [1.54, 1.807) is 36.7 Å². The summed E-state index contributed by atoms with van der Waals surface area (Å²) in [6.07, 6.45) is 9.21. The summed E-state index contributed by atoms with van der Waals surface area (Å²) in [7, 11) is 0. The van der Waals surface area contributed by atoms with Gasteiger partial charge in [-0.05, 0) is 60.0 Å². The van der Waals surface area contributed by atoms with E-state index in [4.69, 9.17) is 14.2 Å². The Morgan fingerprint density at radius 1 is 0.811 bits per heavy atom. The van der Waals surface area contributed by atoms with Crippen molar-refractivity contribution in [2.24, 2.45) is 0 Å². The number of fused-ring (bicyclic) bond motifs is 4. The number of nitrogens with one attached hydrogen (secondary N) is 2. The molecule has 53 heavy (non-hydrogen) atoms. The zero-order chi connectivity index (χ0) is 35.9. The van der Waals surface area contributed by atoms with Crippen LogP contribution in [0.2, 0.25) is 0 Å². The Morgan fingerprint density at radius 3 is 2.40 bits per heavy atom. The van der Waals surface area contributed by atoms with Gasteiger partial charge in [0.05, 0.1) is 0 Å². The molecule has 4 aromatic heterocycles. The van der Waals surface area contributed by atoms with Crippen molar-refractivity contribution in [2.75, 3.05) is 6.61 Å². The normalized spacial score (nSPS) is 19.3. The van der Waals surface area contributed by atoms with Crippen molar-refractivity contribution in [3.05, 3.63) is 108 Å². The number of piperidine rings is 1. The number of imide groups is 1. The molecule has 1 saturated heterocycles. The molecule has 2 aliphatic heterocycles. The SMILES string of the molecule is O=C1CCC(N2Cc3cc(OCC#Cc4ccc(O[C@H]5C[C@H](Oc6ccc(-c7ccc8c(c7)[nH]c7ccncc78)cn6)C5)nc4)ccc3C2=O)C(=O)N1. The molecule has 0 radical (unpaired) electrons. The first-order chi connectivity index (χ1) is 25.9. The van der Waals surface area contributed by atoms with Gasteiger partial charge in [-0.25, -0.2) is 9.97 Å². The smallest absolute Gasteiger partial charge is 0.255 e. The third-order valence-corrected chi connectivity index (χ3v) is 9.87. The Morgan fingerprint density at radius 2 is 1.62 bits per heavy atom. The van der Waals surface area contributed by atoms with Gasteiger partial charge < -0.3 is 24.1 Å². The number of carbonyl (C=O) groups excluding carboxylic acids is 3. The summed E-state index contributed by atoms with van der Waals surface area (Å²) in [6, 6.07) is 20.5. The van der Waals surface area contributed by atoms with Crippen molar-refractivity contribution in [2.45, 2.75) is 50.5 Å². The van der Waals surface area contributed by atoms with E-state index in [1.807, 2.05) is 36.7 Å². The number of amides is 3. The molecule has 3 amide bonds. The van der Waals surface area contributed by atoms with Crippen molar-refractivity contribution >= 4 is 39.5 Å². The minimum Gasteiger partial charge on any atom is -0.481 e. The molecule has 1 atom stereocenters. The van der Waals surface area contributed by atoms with Gasteiger partial charge in [0, 0.05) is 101 Å². The molecule has 1 unspecified atom stereocenters. The van der Waals surface area contributed by atoms with Crippen molar-refractivity contribution in [3.63, 3.8) is 0 Å². The maximum absolute atomic E-state index is 12.9. The second-order valence-electron chi connectivity index (χ2n) is 13.3. The number of benzene rings is 2. The Labute approximate surface area is 303 Å². The zero-order valence-electron chi connectivity index (χ0n) is 28.4. The molecule has 0 spiro atoms. The van der Waals surface area contributed by atoms with E-state index in [9.17, 15) is 14.4 Å². The summed E-state index contributed by atoms with van der Waals surface area (Å²) in [5.74, 6) is 6.76. The third kappa shape index (κ3) is 6.49. The van der Waals surface area contributed by atoms with E-state index in [2.05, 4.69) is 55.3 Å². The lowest BCUT2D eigenvalue weighted by Crippen LogP contribution is -2.52. The maximum atomic E-state index is 12.9. The van der Waals surface area contributed by atoms with Crippen molar-refractivity contribution in [1.82, 2.24) is 30.2 Å². The first kappa shape index (κ1) is 32.2. The maximum Gasteiger partial charge on any atom is 0.255 e. The number of H-pyrrole nitrogens is 1. The summed E-state index contributed by atoms with van der Waals surface area (Å²) < 4.78 is 17.9. The average Bonchev–Trinajstić information content (AvgIpc) is 3.69. The minimum absolute atomic E-state index is 0.00839. The third-order valence-electron chi connectivity index (χ3n) is 9.87. The molecule has 12 nitrogen and oxygen atoms in total. The Bertz CT molecular complexity index is 2460. The quantitative estimate of drug-likeness (QED) is 0.158. The zero-order valence-corrected chi connectivity index (χ0v) is 28.4. The molecule has 6 heterocycles. The molecule has 262 valence electrons. The molecule has 2 fully saturated rings. The van der Waals surface area contributed by atoms with Crippen LogP contribution in [0, 0.1) is 11.8 Å². The number of rotatable bonds is 8. The van der Waals surface area contributed by atoms with Crippen LogP contribution in [0.15, 0.2) is 91.5 Å². The summed E-state index contributed by atoms with van der Waals surface area (Å²) >= 11 is 0. The van der Waals surface area contributed by atoms with E-state index in [-0.39, 0.29) is 43.6 Å². The highest BCUT2D eigenvalue weighted by Gasteiger charge is 2.39. The molecule has 1 saturated carbocycles. The fourth-order valence-electron chi connectivity index (χ4n) is 7.02. The van der Waals surface area contributed by atoms with Crippen LogP contribution in [-0.2, 0) is 16.1 Å². The van der Waals surface area contributed by atoms with Crippen LogP contribution in [-0.4, -0.2) is 67.4 Å². The van der Waals surface area contributed by atoms with Crippen LogP contribution < -0.4 is 19.5 Å². The van der Waals surface area contributed by atoms with Gasteiger partial charge in [-0.1, -0.05) is 24.0 Å². The van der Waals surface area contributed by atoms with Crippen molar-refractivity contribution in [3.8, 4) is 40.5 Å². The van der Waals surface area contributed by atoms with Crippen molar-refractivity contribution in [1.29, 1.82) is 0 Å². The highest BCUT2D eigenvalue weighted by Crippen LogP contribution is 2.33.